The molecule has 0 aliphatic heterocycles. The van der Waals surface area contributed by atoms with E-state index in [-0.39, 0.29) is 0 Å². The van der Waals surface area contributed by atoms with Crippen LogP contribution in [0.3, 0.4) is 0 Å². The minimum Gasteiger partial charge on any atom is -0.322 e. The van der Waals surface area contributed by atoms with Gasteiger partial charge in [-0.25, -0.2) is 4.98 Å². The summed E-state index contributed by atoms with van der Waals surface area (Å²) in [5.74, 6) is 0.301. The second-order valence-electron chi connectivity index (χ2n) is 3.47. The molecule has 90 valence electrons. The fraction of sp³-hybridized carbons (Fsp3) is 0.182. The first-order chi connectivity index (χ1) is 7.97. The predicted molar refractivity (Wildman–Crippen MR) is 61.4 cm³/mol. The Kier molecular flexibility index (Phi) is 3.24. The Balaban J connectivity index is 2.41. The average molecular weight is 305 g/mol. The fourth-order valence-corrected chi connectivity index (χ4v) is 1.98. The fourth-order valence-electron chi connectivity index (χ4n) is 1.52. The summed E-state index contributed by atoms with van der Waals surface area (Å²) in [6.07, 6.45) is -1.57. The lowest BCUT2D eigenvalue weighted by atomic mass is 10.2. The summed E-state index contributed by atoms with van der Waals surface area (Å²) in [5.41, 5.74) is 0.641. The molecule has 0 saturated heterocycles. The van der Waals surface area contributed by atoms with Crippen LogP contribution in [0.1, 0.15) is 0 Å². The molecule has 0 atom stereocenters. The monoisotopic (exact) mass is 304 g/mol. The van der Waals surface area contributed by atoms with E-state index in [9.17, 15) is 13.2 Å². The van der Waals surface area contributed by atoms with Gasteiger partial charge in [-0.05, 0) is 6.07 Å². The van der Waals surface area contributed by atoms with Crippen molar-refractivity contribution >= 4 is 15.9 Å². The number of imidazole rings is 1. The largest absolute Gasteiger partial charge is 0.406 e. The third-order valence-electron chi connectivity index (χ3n) is 2.18. The Morgan fingerprint density at radius 1 is 1.24 bits per heavy atom. The highest BCUT2D eigenvalue weighted by molar-refractivity contribution is 9.10. The number of hydrogen-bond acceptors (Lipinski definition) is 1. The zero-order valence-electron chi connectivity index (χ0n) is 8.58. The SMILES string of the molecule is FC(F)(F)Cn1ccnc1-c1ccccc1Br. The van der Waals surface area contributed by atoms with Gasteiger partial charge in [0, 0.05) is 22.4 Å². The minimum atomic E-state index is -4.25. The minimum absolute atomic E-state index is 0.301. The Bertz CT molecular complexity index is 519. The molecule has 2 aromatic rings. The Hall–Kier alpha value is -1.30. The zero-order valence-corrected chi connectivity index (χ0v) is 10.2. The van der Waals surface area contributed by atoms with Gasteiger partial charge in [0.1, 0.15) is 12.4 Å². The molecule has 2 nitrogen and oxygen atoms in total. The van der Waals surface area contributed by atoms with Crippen molar-refractivity contribution in [2.75, 3.05) is 0 Å². The summed E-state index contributed by atoms with van der Waals surface area (Å²) < 4.78 is 38.9. The van der Waals surface area contributed by atoms with Crippen LogP contribution in [0.2, 0.25) is 0 Å². The van der Waals surface area contributed by atoms with Crippen LogP contribution in [0, 0.1) is 0 Å². The summed E-state index contributed by atoms with van der Waals surface area (Å²) in [6, 6.07) is 7.04. The molecule has 0 fully saturated rings. The van der Waals surface area contributed by atoms with E-state index < -0.39 is 12.7 Å². The van der Waals surface area contributed by atoms with Crippen molar-refractivity contribution < 1.29 is 13.2 Å². The van der Waals surface area contributed by atoms with Gasteiger partial charge >= 0.3 is 6.18 Å². The summed E-state index contributed by atoms with van der Waals surface area (Å²) in [4.78, 5) is 3.96. The van der Waals surface area contributed by atoms with E-state index in [0.29, 0.717) is 11.4 Å². The van der Waals surface area contributed by atoms with E-state index in [2.05, 4.69) is 20.9 Å². The lowest BCUT2D eigenvalue weighted by Gasteiger charge is -2.11. The van der Waals surface area contributed by atoms with Crippen LogP contribution >= 0.6 is 15.9 Å². The van der Waals surface area contributed by atoms with E-state index in [4.69, 9.17) is 0 Å². The third-order valence-corrected chi connectivity index (χ3v) is 2.87. The molecule has 0 unspecified atom stereocenters. The molecule has 0 N–H and O–H groups in total. The van der Waals surface area contributed by atoms with Crippen LogP contribution in [0.25, 0.3) is 11.4 Å². The smallest absolute Gasteiger partial charge is 0.322 e. The molecule has 1 aromatic carbocycles. The Labute approximate surface area is 104 Å². The summed E-state index contributed by atoms with van der Waals surface area (Å²) in [5, 5.41) is 0. The van der Waals surface area contributed by atoms with Crippen LogP contribution in [0.15, 0.2) is 41.1 Å². The highest BCUT2D eigenvalue weighted by Gasteiger charge is 2.29. The molecular formula is C11H8BrF3N2. The number of aromatic nitrogens is 2. The maximum absolute atomic E-state index is 12.4. The van der Waals surface area contributed by atoms with Crippen molar-refractivity contribution in [2.45, 2.75) is 12.7 Å². The molecule has 0 bridgehead atoms. The molecule has 2 rings (SSSR count). The number of alkyl halides is 3. The summed E-state index contributed by atoms with van der Waals surface area (Å²) >= 11 is 3.30. The average Bonchev–Trinajstić information content (AvgIpc) is 2.64. The number of hydrogen-bond donors (Lipinski definition) is 0. The van der Waals surface area contributed by atoms with Gasteiger partial charge < -0.3 is 4.57 Å². The topological polar surface area (TPSA) is 17.8 Å². The maximum Gasteiger partial charge on any atom is 0.406 e. The van der Waals surface area contributed by atoms with Crippen molar-refractivity contribution in [3.8, 4) is 11.4 Å². The second-order valence-corrected chi connectivity index (χ2v) is 4.33. The molecule has 0 aliphatic rings. The molecule has 6 heteroatoms. The molecule has 0 amide bonds. The van der Waals surface area contributed by atoms with E-state index in [1.165, 1.54) is 12.4 Å². The first-order valence-electron chi connectivity index (χ1n) is 4.80. The van der Waals surface area contributed by atoms with Gasteiger partial charge in [-0.15, -0.1) is 0 Å². The Morgan fingerprint density at radius 3 is 2.59 bits per heavy atom. The van der Waals surface area contributed by atoms with Crippen molar-refractivity contribution in [3.05, 3.63) is 41.1 Å². The van der Waals surface area contributed by atoms with E-state index in [1.54, 1.807) is 24.3 Å². The molecule has 1 heterocycles. The first kappa shape index (κ1) is 12.2. The molecule has 0 radical (unpaired) electrons. The summed E-state index contributed by atoms with van der Waals surface area (Å²) in [6.45, 7) is -1.04. The van der Waals surface area contributed by atoms with Crippen LogP contribution in [-0.2, 0) is 6.54 Å². The summed E-state index contributed by atoms with van der Waals surface area (Å²) in [7, 11) is 0. The van der Waals surface area contributed by atoms with Gasteiger partial charge in [-0.1, -0.05) is 34.1 Å². The van der Waals surface area contributed by atoms with Crippen molar-refractivity contribution in [3.63, 3.8) is 0 Å². The van der Waals surface area contributed by atoms with E-state index in [1.807, 2.05) is 0 Å². The van der Waals surface area contributed by atoms with Crippen LogP contribution in [-0.4, -0.2) is 15.7 Å². The second kappa shape index (κ2) is 4.52. The van der Waals surface area contributed by atoms with E-state index >= 15 is 0 Å². The maximum atomic E-state index is 12.4. The van der Waals surface area contributed by atoms with Crippen LogP contribution < -0.4 is 0 Å². The zero-order chi connectivity index (χ0) is 12.5. The van der Waals surface area contributed by atoms with Crippen LogP contribution in [0.5, 0.6) is 0 Å². The quantitative estimate of drug-likeness (QED) is 0.823. The predicted octanol–water partition coefficient (Wildman–Crippen LogP) is 3.87. The molecule has 0 aliphatic carbocycles. The van der Waals surface area contributed by atoms with Crippen molar-refractivity contribution in [1.82, 2.24) is 9.55 Å². The molecule has 0 saturated carbocycles. The third kappa shape index (κ3) is 2.88. The molecule has 1 aromatic heterocycles. The standard InChI is InChI=1S/C11H8BrF3N2/c12-9-4-2-1-3-8(9)10-16-5-6-17(10)7-11(13,14)15/h1-6H,7H2. The van der Waals surface area contributed by atoms with Gasteiger partial charge in [0.05, 0.1) is 0 Å². The van der Waals surface area contributed by atoms with Crippen LogP contribution in [0.4, 0.5) is 13.2 Å². The van der Waals surface area contributed by atoms with E-state index in [0.717, 1.165) is 9.04 Å². The highest BCUT2D eigenvalue weighted by Crippen LogP contribution is 2.28. The molecular weight excluding hydrogens is 297 g/mol. The normalized spacial score (nSPS) is 11.8. The van der Waals surface area contributed by atoms with Gasteiger partial charge in [0.25, 0.3) is 0 Å². The molecule has 17 heavy (non-hydrogen) atoms. The number of halogens is 4. The van der Waals surface area contributed by atoms with Crippen molar-refractivity contribution in [1.29, 1.82) is 0 Å². The lowest BCUT2D eigenvalue weighted by Crippen LogP contribution is -2.17. The number of nitrogens with zero attached hydrogens (tertiary/aromatic N) is 2. The lowest BCUT2D eigenvalue weighted by molar-refractivity contribution is -0.140. The number of rotatable bonds is 2. The van der Waals surface area contributed by atoms with Gasteiger partial charge in [-0.3, -0.25) is 0 Å². The van der Waals surface area contributed by atoms with Gasteiger partial charge in [-0.2, -0.15) is 13.2 Å². The van der Waals surface area contributed by atoms with Gasteiger partial charge in [0.2, 0.25) is 0 Å². The number of benzene rings is 1. The highest BCUT2D eigenvalue weighted by atomic mass is 79.9. The first-order valence-corrected chi connectivity index (χ1v) is 5.59. The van der Waals surface area contributed by atoms with Crippen molar-refractivity contribution in [2.24, 2.45) is 0 Å². The molecule has 0 spiro atoms. The Morgan fingerprint density at radius 2 is 1.94 bits per heavy atom. The van der Waals surface area contributed by atoms with Gasteiger partial charge in [0.15, 0.2) is 0 Å².